The first-order valence-electron chi connectivity index (χ1n) is 6.28. The lowest BCUT2D eigenvalue weighted by Gasteiger charge is -2.29. The summed E-state index contributed by atoms with van der Waals surface area (Å²) in [4.78, 5) is 2.29. The summed E-state index contributed by atoms with van der Waals surface area (Å²) in [5.41, 5.74) is 0.976. The molecule has 96 valence electrons. The van der Waals surface area contributed by atoms with Gasteiger partial charge in [0.05, 0.1) is 5.69 Å². The zero-order chi connectivity index (χ0) is 12.8. The van der Waals surface area contributed by atoms with Crippen LogP contribution in [0.15, 0.2) is 12.1 Å². The summed E-state index contributed by atoms with van der Waals surface area (Å²) in [6.07, 6.45) is 0. The third kappa shape index (κ3) is 4.30. The zero-order valence-electron chi connectivity index (χ0n) is 11.6. The van der Waals surface area contributed by atoms with Gasteiger partial charge in [0, 0.05) is 19.1 Å². The molecular formula is C13H24N4. The predicted molar refractivity (Wildman–Crippen MR) is 72.1 cm³/mol. The molecule has 0 saturated heterocycles. The molecular weight excluding hydrogens is 212 g/mol. The van der Waals surface area contributed by atoms with Crippen LogP contribution in [0.3, 0.4) is 0 Å². The molecule has 1 aromatic heterocycles. The Bertz CT molecular complexity index is 319. The summed E-state index contributed by atoms with van der Waals surface area (Å²) in [7, 11) is 1.91. The van der Waals surface area contributed by atoms with E-state index in [1.807, 2.05) is 13.1 Å². The Morgan fingerprint density at radius 1 is 1.18 bits per heavy atom. The maximum absolute atomic E-state index is 4.31. The van der Waals surface area contributed by atoms with Gasteiger partial charge < -0.3 is 10.2 Å². The second-order valence-corrected chi connectivity index (χ2v) is 5.05. The minimum Gasteiger partial charge on any atom is -0.352 e. The number of nitrogens with one attached hydrogen (secondary N) is 1. The van der Waals surface area contributed by atoms with Crippen molar-refractivity contribution in [2.24, 2.45) is 5.92 Å². The third-order valence-electron chi connectivity index (χ3n) is 2.54. The summed E-state index contributed by atoms with van der Waals surface area (Å²) in [6.45, 7) is 10.6. The number of anilines is 1. The summed E-state index contributed by atoms with van der Waals surface area (Å²) in [5, 5.41) is 11.6. The number of hydrogen-bond acceptors (Lipinski definition) is 4. The van der Waals surface area contributed by atoms with Gasteiger partial charge in [-0.15, -0.1) is 5.10 Å². The van der Waals surface area contributed by atoms with E-state index >= 15 is 0 Å². The molecule has 0 saturated carbocycles. The van der Waals surface area contributed by atoms with Crippen molar-refractivity contribution in [3.8, 4) is 0 Å². The van der Waals surface area contributed by atoms with Gasteiger partial charge in [-0.3, -0.25) is 0 Å². The first-order chi connectivity index (χ1) is 8.04. The fourth-order valence-corrected chi connectivity index (χ4v) is 1.74. The van der Waals surface area contributed by atoms with E-state index in [0.717, 1.165) is 24.6 Å². The minimum absolute atomic E-state index is 0.446. The summed E-state index contributed by atoms with van der Waals surface area (Å²) < 4.78 is 0. The van der Waals surface area contributed by atoms with Gasteiger partial charge in [-0.2, -0.15) is 5.10 Å². The van der Waals surface area contributed by atoms with Crippen molar-refractivity contribution in [1.29, 1.82) is 0 Å². The third-order valence-corrected chi connectivity index (χ3v) is 2.54. The standard InChI is InChI=1S/C13H24N4/c1-10(2)9-17(11(3)4)13-7-6-12(8-14-5)15-16-13/h6-7,10-11,14H,8-9H2,1-5H3. The van der Waals surface area contributed by atoms with E-state index in [1.165, 1.54) is 0 Å². The molecule has 0 atom stereocenters. The van der Waals surface area contributed by atoms with Crippen LogP contribution in [0, 0.1) is 5.92 Å². The van der Waals surface area contributed by atoms with E-state index in [9.17, 15) is 0 Å². The maximum Gasteiger partial charge on any atom is 0.151 e. The largest absolute Gasteiger partial charge is 0.352 e. The molecule has 0 fully saturated rings. The Morgan fingerprint density at radius 3 is 2.29 bits per heavy atom. The van der Waals surface area contributed by atoms with E-state index in [2.05, 4.69) is 54.2 Å². The molecule has 0 aromatic carbocycles. The van der Waals surface area contributed by atoms with Gasteiger partial charge in [-0.25, -0.2) is 0 Å². The van der Waals surface area contributed by atoms with Crippen molar-refractivity contribution < 1.29 is 0 Å². The molecule has 0 radical (unpaired) electrons. The van der Waals surface area contributed by atoms with Crippen molar-refractivity contribution in [3.63, 3.8) is 0 Å². The Balaban J connectivity index is 2.80. The lowest BCUT2D eigenvalue weighted by Crippen LogP contribution is -2.35. The number of nitrogens with zero attached hydrogens (tertiary/aromatic N) is 3. The molecule has 17 heavy (non-hydrogen) atoms. The Morgan fingerprint density at radius 2 is 1.88 bits per heavy atom. The molecule has 0 amide bonds. The van der Waals surface area contributed by atoms with Crippen LogP contribution in [0.1, 0.15) is 33.4 Å². The minimum atomic E-state index is 0.446. The normalized spacial score (nSPS) is 11.2. The van der Waals surface area contributed by atoms with Crippen LogP contribution in [0.25, 0.3) is 0 Å². The smallest absolute Gasteiger partial charge is 0.151 e. The molecule has 1 rings (SSSR count). The van der Waals surface area contributed by atoms with Gasteiger partial charge in [0.15, 0.2) is 5.82 Å². The number of rotatable bonds is 6. The van der Waals surface area contributed by atoms with Crippen molar-refractivity contribution in [1.82, 2.24) is 15.5 Å². The molecule has 4 heteroatoms. The van der Waals surface area contributed by atoms with Crippen LogP contribution >= 0.6 is 0 Å². The fraction of sp³-hybridized carbons (Fsp3) is 0.692. The molecule has 0 aliphatic heterocycles. The first kappa shape index (κ1) is 13.9. The van der Waals surface area contributed by atoms with Crippen molar-refractivity contribution in [2.75, 3.05) is 18.5 Å². The van der Waals surface area contributed by atoms with Gasteiger partial charge in [-0.1, -0.05) is 13.8 Å². The highest BCUT2D eigenvalue weighted by Gasteiger charge is 2.13. The van der Waals surface area contributed by atoms with Gasteiger partial charge in [0.25, 0.3) is 0 Å². The highest BCUT2D eigenvalue weighted by atomic mass is 15.3. The van der Waals surface area contributed by atoms with Gasteiger partial charge in [-0.05, 0) is 38.9 Å². The summed E-state index contributed by atoms with van der Waals surface area (Å²) in [6, 6.07) is 4.54. The molecule has 1 N–H and O–H groups in total. The monoisotopic (exact) mass is 236 g/mol. The van der Waals surface area contributed by atoms with Crippen molar-refractivity contribution in [3.05, 3.63) is 17.8 Å². The highest BCUT2D eigenvalue weighted by molar-refractivity contribution is 5.38. The zero-order valence-corrected chi connectivity index (χ0v) is 11.6. The van der Waals surface area contributed by atoms with Crippen LogP contribution < -0.4 is 10.2 Å². The van der Waals surface area contributed by atoms with Crippen molar-refractivity contribution in [2.45, 2.75) is 40.3 Å². The SMILES string of the molecule is CNCc1ccc(N(CC(C)C)C(C)C)nn1. The van der Waals surface area contributed by atoms with Crippen LogP contribution in [0.2, 0.25) is 0 Å². The molecule has 0 spiro atoms. The lowest BCUT2D eigenvalue weighted by molar-refractivity contribution is 0.562. The van der Waals surface area contributed by atoms with E-state index in [4.69, 9.17) is 0 Å². The molecule has 0 bridgehead atoms. The fourth-order valence-electron chi connectivity index (χ4n) is 1.74. The van der Waals surface area contributed by atoms with Crippen LogP contribution in [0.4, 0.5) is 5.82 Å². The topological polar surface area (TPSA) is 41.0 Å². The first-order valence-corrected chi connectivity index (χ1v) is 6.28. The number of aromatic nitrogens is 2. The van der Waals surface area contributed by atoms with Crippen LogP contribution in [0.5, 0.6) is 0 Å². The number of hydrogen-bond donors (Lipinski definition) is 1. The molecule has 1 heterocycles. The molecule has 1 aromatic rings. The van der Waals surface area contributed by atoms with Gasteiger partial charge in [0.1, 0.15) is 0 Å². The van der Waals surface area contributed by atoms with E-state index in [1.54, 1.807) is 0 Å². The quantitative estimate of drug-likeness (QED) is 0.821. The Kier molecular flexibility index (Phi) is 5.35. The Hall–Kier alpha value is -1.16. The van der Waals surface area contributed by atoms with Crippen LogP contribution in [-0.4, -0.2) is 29.8 Å². The summed E-state index contributed by atoms with van der Waals surface area (Å²) >= 11 is 0. The summed E-state index contributed by atoms with van der Waals surface area (Å²) in [5.74, 6) is 1.59. The van der Waals surface area contributed by atoms with Crippen LogP contribution in [-0.2, 0) is 6.54 Å². The second-order valence-electron chi connectivity index (χ2n) is 5.05. The second kappa shape index (κ2) is 6.55. The maximum atomic E-state index is 4.31. The molecule has 4 nitrogen and oxygen atoms in total. The average molecular weight is 236 g/mol. The lowest BCUT2D eigenvalue weighted by atomic mass is 10.2. The molecule has 0 aliphatic carbocycles. The van der Waals surface area contributed by atoms with E-state index in [0.29, 0.717) is 12.0 Å². The van der Waals surface area contributed by atoms with E-state index < -0.39 is 0 Å². The average Bonchev–Trinajstić information content (AvgIpc) is 2.27. The van der Waals surface area contributed by atoms with E-state index in [-0.39, 0.29) is 0 Å². The van der Waals surface area contributed by atoms with Crippen molar-refractivity contribution >= 4 is 5.82 Å². The van der Waals surface area contributed by atoms with Gasteiger partial charge in [0.2, 0.25) is 0 Å². The highest BCUT2D eigenvalue weighted by Crippen LogP contribution is 2.15. The van der Waals surface area contributed by atoms with Gasteiger partial charge >= 0.3 is 0 Å². The predicted octanol–water partition coefficient (Wildman–Crippen LogP) is 2.07. The molecule has 0 aliphatic rings. The Labute approximate surface area is 104 Å². The molecule has 0 unspecified atom stereocenters.